The van der Waals surface area contributed by atoms with E-state index < -0.39 is 0 Å². The number of aromatic nitrogens is 2. The zero-order chi connectivity index (χ0) is 15.5. The first-order chi connectivity index (χ1) is 10.6. The van der Waals surface area contributed by atoms with Gasteiger partial charge in [0.15, 0.2) is 0 Å². The van der Waals surface area contributed by atoms with Gasteiger partial charge in [0.25, 0.3) is 5.89 Å². The Morgan fingerprint density at radius 1 is 1.32 bits per heavy atom. The molecule has 1 aliphatic rings. The summed E-state index contributed by atoms with van der Waals surface area (Å²) in [5, 5.41) is 4.01. The number of ether oxygens (including phenoxy) is 1. The maximum atomic E-state index is 12.1. The molecule has 22 heavy (non-hydrogen) atoms. The van der Waals surface area contributed by atoms with E-state index in [0.717, 1.165) is 5.56 Å². The molecule has 6 nitrogen and oxygen atoms in total. The van der Waals surface area contributed by atoms with E-state index in [2.05, 4.69) is 10.1 Å². The van der Waals surface area contributed by atoms with Gasteiger partial charge in [0.05, 0.1) is 13.2 Å². The quantitative estimate of drug-likeness (QED) is 0.870. The van der Waals surface area contributed by atoms with Gasteiger partial charge in [-0.25, -0.2) is 0 Å². The minimum atomic E-state index is -0.335. The van der Waals surface area contributed by atoms with Gasteiger partial charge in [-0.1, -0.05) is 37.2 Å². The van der Waals surface area contributed by atoms with Gasteiger partial charge < -0.3 is 14.2 Å². The van der Waals surface area contributed by atoms with Gasteiger partial charge in [-0.3, -0.25) is 4.79 Å². The zero-order valence-electron chi connectivity index (χ0n) is 12.7. The molecule has 1 aliphatic heterocycles. The van der Waals surface area contributed by atoms with Gasteiger partial charge in [-0.05, 0) is 12.1 Å². The standard InChI is InChI=1S/C16H19N3O3/c1-11(2)16(20)19-8-9-21-13(10-19)14-17-15(22-18-14)12-6-4-3-5-7-12/h3-7,11,13H,8-10H2,1-2H3/t13-/m0/s1. The highest BCUT2D eigenvalue weighted by molar-refractivity contribution is 5.78. The summed E-state index contributed by atoms with van der Waals surface area (Å²) >= 11 is 0. The highest BCUT2D eigenvalue weighted by Crippen LogP contribution is 2.24. The largest absolute Gasteiger partial charge is 0.366 e. The molecule has 1 fully saturated rings. The summed E-state index contributed by atoms with van der Waals surface area (Å²) in [6.45, 7) is 5.35. The predicted molar refractivity (Wildman–Crippen MR) is 79.8 cm³/mol. The lowest BCUT2D eigenvalue weighted by atomic mass is 10.1. The molecule has 0 unspecified atom stereocenters. The normalized spacial score (nSPS) is 18.7. The van der Waals surface area contributed by atoms with E-state index in [-0.39, 0.29) is 17.9 Å². The molecule has 116 valence electrons. The molecule has 2 aromatic rings. The van der Waals surface area contributed by atoms with Crippen LogP contribution in [0.2, 0.25) is 0 Å². The third kappa shape index (κ3) is 3.01. The Kier molecular flexibility index (Phi) is 4.20. The van der Waals surface area contributed by atoms with E-state index in [0.29, 0.717) is 31.4 Å². The second kappa shape index (κ2) is 6.27. The van der Waals surface area contributed by atoms with Gasteiger partial charge >= 0.3 is 0 Å². The molecule has 0 saturated carbocycles. The second-order valence-corrected chi connectivity index (χ2v) is 5.62. The summed E-state index contributed by atoms with van der Waals surface area (Å²) < 4.78 is 11.0. The van der Waals surface area contributed by atoms with Gasteiger partial charge in [0, 0.05) is 18.0 Å². The highest BCUT2D eigenvalue weighted by atomic mass is 16.5. The predicted octanol–water partition coefficient (Wildman–Crippen LogP) is 2.29. The number of amides is 1. The maximum Gasteiger partial charge on any atom is 0.258 e. The Hall–Kier alpha value is -2.21. The van der Waals surface area contributed by atoms with Gasteiger partial charge in [-0.2, -0.15) is 4.98 Å². The Labute approximate surface area is 129 Å². The number of carbonyl (C=O) groups excluding carboxylic acids is 1. The summed E-state index contributed by atoms with van der Waals surface area (Å²) in [5.74, 6) is 1.05. The van der Waals surface area contributed by atoms with Gasteiger partial charge in [0.1, 0.15) is 6.10 Å². The van der Waals surface area contributed by atoms with Crippen molar-refractivity contribution in [2.45, 2.75) is 20.0 Å². The van der Waals surface area contributed by atoms with Crippen molar-refractivity contribution < 1.29 is 14.1 Å². The Morgan fingerprint density at radius 2 is 2.09 bits per heavy atom. The number of benzene rings is 1. The first-order valence-electron chi connectivity index (χ1n) is 7.44. The van der Waals surface area contributed by atoms with Crippen molar-refractivity contribution >= 4 is 5.91 Å². The third-order valence-electron chi connectivity index (χ3n) is 3.62. The molecule has 1 amide bonds. The number of carbonyl (C=O) groups is 1. The number of hydrogen-bond acceptors (Lipinski definition) is 5. The summed E-state index contributed by atoms with van der Waals surface area (Å²) in [4.78, 5) is 18.3. The topological polar surface area (TPSA) is 68.5 Å². The lowest BCUT2D eigenvalue weighted by Crippen LogP contribution is -2.44. The van der Waals surface area contributed by atoms with Crippen molar-refractivity contribution in [2.75, 3.05) is 19.7 Å². The minimum Gasteiger partial charge on any atom is -0.366 e. The molecule has 1 aromatic carbocycles. The monoisotopic (exact) mass is 301 g/mol. The molecule has 2 heterocycles. The highest BCUT2D eigenvalue weighted by Gasteiger charge is 2.29. The van der Waals surface area contributed by atoms with Gasteiger partial charge in [-0.15, -0.1) is 0 Å². The second-order valence-electron chi connectivity index (χ2n) is 5.62. The number of hydrogen-bond donors (Lipinski definition) is 0. The van der Waals surface area contributed by atoms with Gasteiger partial charge in [0.2, 0.25) is 11.7 Å². The average Bonchev–Trinajstić information content (AvgIpc) is 3.05. The fourth-order valence-electron chi connectivity index (χ4n) is 2.43. The average molecular weight is 301 g/mol. The van der Waals surface area contributed by atoms with E-state index in [4.69, 9.17) is 9.26 Å². The van der Waals surface area contributed by atoms with E-state index in [1.165, 1.54) is 0 Å². The zero-order valence-corrected chi connectivity index (χ0v) is 12.7. The molecule has 3 rings (SSSR count). The van der Waals surface area contributed by atoms with Crippen LogP contribution in [-0.4, -0.2) is 40.6 Å². The van der Waals surface area contributed by atoms with Crippen molar-refractivity contribution in [1.29, 1.82) is 0 Å². The van der Waals surface area contributed by atoms with Crippen LogP contribution in [0, 0.1) is 5.92 Å². The van der Waals surface area contributed by atoms with Crippen LogP contribution < -0.4 is 0 Å². The van der Waals surface area contributed by atoms with Crippen LogP contribution in [0.1, 0.15) is 25.8 Å². The molecule has 1 atom stereocenters. The SMILES string of the molecule is CC(C)C(=O)N1CCO[C@H](c2noc(-c3ccccc3)n2)C1. The van der Waals surface area contributed by atoms with E-state index in [1.807, 2.05) is 44.2 Å². The fourth-order valence-corrected chi connectivity index (χ4v) is 2.43. The summed E-state index contributed by atoms with van der Waals surface area (Å²) in [7, 11) is 0. The molecule has 0 aliphatic carbocycles. The summed E-state index contributed by atoms with van der Waals surface area (Å²) in [6, 6.07) is 9.58. The molecular formula is C16H19N3O3. The fraction of sp³-hybridized carbons (Fsp3) is 0.438. The number of morpholine rings is 1. The number of nitrogens with zero attached hydrogens (tertiary/aromatic N) is 3. The first kappa shape index (κ1) is 14.7. The molecule has 0 spiro atoms. The minimum absolute atomic E-state index is 0.0242. The summed E-state index contributed by atoms with van der Waals surface area (Å²) in [6.07, 6.45) is -0.335. The molecule has 6 heteroatoms. The van der Waals surface area contributed by atoms with E-state index in [9.17, 15) is 4.79 Å². The van der Waals surface area contributed by atoms with E-state index >= 15 is 0 Å². The van der Waals surface area contributed by atoms with Crippen LogP contribution in [-0.2, 0) is 9.53 Å². The molecule has 1 saturated heterocycles. The lowest BCUT2D eigenvalue weighted by molar-refractivity contribution is -0.142. The van der Waals surface area contributed by atoms with E-state index in [1.54, 1.807) is 4.90 Å². The van der Waals surface area contributed by atoms with Crippen molar-refractivity contribution in [2.24, 2.45) is 5.92 Å². The third-order valence-corrected chi connectivity index (χ3v) is 3.62. The smallest absolute Gasteiger partial charge is 0.258 e. The first-order valence-corrected chi connectivity index (χ1v) is 7.44. The van der Waals surface area contributed by atoms with Crippen molar-refractivity contribution in [3.05, 3.63) is 36.2 Å². The van der Waals surface area contributed by atoms with Crippen LogP contribution in [0.15, 0.2) is 34.9 Å². The molecule has 1 aromatic heterocycles. The maximum absolute atomic E-state index is 12.1. The van der Waals surface area contributed by atoms with Crippen molar-refractivity contribution in [1.82, 2.24) is 15.0 Å². The molecule has 0 bridgehead atoms. The Balaban J connectivity index is 1.74. The van der Waals surface area contributed by atoms with Crippen LogP contribution in [0.3, 0.4) is 0 Å². The van der Waals surface area contributed by atoms with Crippen LogP contribution in [0.4, 0.5) is 0 Å². The molecule has 0 radical (unpaired) electrons. The van der Waals surface area contributed by atoms with Crippen LogP contribution >= 0.6 is 0 Å². The molecule has 0 N–H and O–H groups in total. The summed E-state index contributed by atoms with van der Waals surface area (Å²) in [5.41, 5.74) is 0.868. The van der Waals surface area contributed by atoms with Crippen LogP contribution in [0.5, 0.6) is 0 Å². The Bertz CT molecular complexity index is 639. The van der Waals surface area contributed by atoms with Crippen LogP contribution in [0.25, 0.3) is 11.5 Å². The van der Waals surface area contributed by atoms with Crippen molar-refractivity contribution in [3.8, 4) is 11.5 Å². The lowest BCUT2D eigenvalue weighted by Gasteiger charge is -2.32. The number of rotatable bonds is 3. The Morgan fingerprint density at radius 3 is 2.82 bits per heavy atom. The molecular weight excluding hydrogens is 282 g/mol. The van der Waals surface area contributed by atoms with Crippen molar-refractivity contribution in [3.63, 3.8) is 0 Å².